The van der Waals surface area contributed by atoms with Crippen LogP contribution in [0.4, 0.5) is 8.78 Å². The fourth-order valence-corrected chi connectivity index (χ4v) is 4.37. The molecule has 0 aliphatic carbocycles. The summed E-state index contributed by atoms with van der Waals surface area (Å²) in [6, 6.07) is 6.89. The number of rotatable bonds is 9. The molecule has 1 amide bonds. The molecule has 33 heavy (non-hydrogen) atoms. The largest absolute Gasteiger partial charge is 0.335 e. The highest BCUT2D eigenvalue weighted by molar-refractivity contribution is 7.89. The normalized spacial score (nSPS) is 11.6. The third-order valence-electron chi connectivity index (χ3n) is 4.74. The van der Waals surface area contributed by atoms with E-state index in [1.807, 2.05) is 6.92 Å². The third kappa shape index (κ3) is 6.12. The predicted molar refractivity (Wildman–Crippen MR) is 119 cm³/mol. The fraction of sp³-hybridized carbons (Fsp3) is 0.286. The number of carbonyl (C=O) groups is 1. The lowest BCUT2D eigenvalue weighted by atomic mass is 10.2. The second-order valence-corrected chi connectivity index (χ2v) is 9.42. The van der Waals surface area contributed by atoms with Crippen LogP contribution >= 0.6 is 11.6 Å². The van der Waals surface area contributed by atoms with E-state index in [-0.39, 0.29) is 36.8 Å². The molecule has 0 unspecified atom stereocenters. The summed E-state index contributed by atoms with van der Waals surface area (Å²) < 4.78 is 53.1. The summed E-state index contributed by atoms with van der Waals surface area (Å²) in [4.78, 5) is 33.0. The Kier molecular flexibility index (Phi) is 7.77. The molecule has 0 saturated heterocycles. The summed E-state index contributed by atoms with van der Waals surface area (Å²) in [5.41, 5.74) is 0.0271. The van der Waals surface area contributed by atoms with Crippen LogP contribution in [0.1, 0.15) is 25.6 Å². The molecule has 0 saturated carbocycles. The van der Waals surface area contributed by atoms with Crippen molar-refractivity contribution in [2.24, 2.45) is 0 Å². The molecule has 1 heterocycles. The number of H-pyrrole nitrogens is 1. The van der Waals surface area contributed by atoms with Gasteiger partial charge in [0.05, 0.1) is 22.3 Å². The van der Waals surface area contributed by atoms with E-state index in [4.69, 9.17) is 11.6 Å². The summed E-state index contributed by atoms with van der Waals surface area (Å²) in [5, 5.41) is 0.782. The topological polar surface area (TPSA) is 112 Å². The Morgan fingerprint density at radius 3 is 2.64 bits per heavy atom. The number of amides is 1. The highest BCUT2D eigenvalue weighted by atomic mass is 35.5. The van der Waals surface area contributed by atoms with Crippen molar-refractivity contribution in [2.75, 3.05) is 13.1 Å². The number of carbonyl (C=O) groups excluding carboxylic acids is 1. The number of aromatic nitrogens is 2. The Labute approximate surface area is 193 Å². The van der Waals surface area contributed by atoms with Crippen LogP contribution in [0.2, 0.25) is 5.02 Å². The van der Waals surface area contributed by atoms with Crippen LogP contribution in [0.15, 0.2) is 46.1 Å². The van der Waals surface area contributed by atoms with Crippen LogP contribution in [-0.2, 0) is 21.4 Å². The molecule has 176 valence electrons. The molecule has 0 aliphatic rings. The van der Waals surface area contributed by atoms with Crippen LogP contribution in [0.25, 0.3) is 10.9 Å². The number of benzene rings is 2. The van der Waals surface area contributed by atoms with Gasteiger partial charge in [0.1, 0.15) is 5.82 Å². The lowest BCUT2D eigenvalue weighted by molar-refractivity contribution is -0.131. The van der Waals surface area contributed by atoms with Gasteiger partial charge in [0.15, 0.2) is 11.6 Å². The van der Waals surface area contributed by atoms with E-state index in [0.717, 1.165) is 6.07 Å². The molecule has 0 fully saturated rings. The fourth-order valence-electron chi connectivity index (χ4n) is 3.16. The van der Waals surface area contributed by atoms with Crippen molar-refractivity contribution in [3.63, 3.8) is 0 Å². The number of hydrogen-bond acceptors (Lipinski definition) is 5. The van der Waals surface area contributed by atoms with Gasteiger partial charge >= 0.3 is 0 Å². The van der Waals surface area contributed by atoms with Crippen molar-refractivity contribution in [3.05, 3.63) is 69.2 Å². The first-order chi connectivity index (χ1) is 15.6. The molecule has 12 heteroatoms. The van der Waals surface area contributed by atoms with Crippen molar-refractivity contribution in [3.8, 4) is 0 Å². The van der Waals surface area contributed by atoms with Crippen molar-refractivity contribution < 1.29 is 22.0 Å². The van der Waals surface area contributed by atoms with Crippen LogP contribution in [0, 0.1) is 11.6 Å². The van der Waals surface area contributed by atoms with Gasteiger partial charge in [-0.1, -0.05) is 18.5 Å². The minimum Gasteiger partial charge on any atom is -0.335 e. The lowest BCUT2D eigenvalue weighted by Gasteiger charge is -2.22. The number of sulfonamides is 1. The molecule has 0 radical (unpaired) electrons. The molecule has 3 aromatic rings. The van der Waals surface area contributed by atoms with E-state index >= 15 is 0 Å². The SMILES string of the molecule is CCCN(Cc1nc2cc(Cl)ccc2c(=O)[nH]1)C(=O)CCNS(=O)(=O)c1ccc(F)c(F)c1. The average Bonchev–Trinajstić information content (AvgIpc) is 2.74. The van der Waals surface area contributed by atoms with Crippen LogP contribution in [-0.4, -0.2) is 42.3 Å². The summed E-state index contributed by atoms with van der Waals surface area (Å²) in [7, 11) is -4.13. The number of aromatic amines is 1. The number of nitrogens with one attached hydrogen (secondary N) is 2. The summed E-state index contributed by atoms with van der Waals surface area (Å²) in [6.07, 6.45) is 0.433. The molecule has 3 rings (SSSR count). The van der Waals surface area contributed by atoms with E-state index < -0.39 is 26.6 Å². The zero-order valence-corrected chi connectivity index (χ0v) is 19.1. The lowest BCUT2D eigenvalue weighted by Crippen LogP contribution is -2.35. The molecule has 0 atom stereocenters. The molecule has 0 aliphatic heterocycles. The van der Waals surface area contributed by atoms with Gasteiger partial charge in [-0.05, 0) is 42.8 Å². The standard InChI is InChI=1S/C21H21ClF2N4O4S/c1-2-9-28(12-19-26-18-10-13(22)3-5-15(18)21(30)27-19)20(29)7-8-25-33(31,32)14-4-6-16(23)17(24)11-14/h3-6,10-11,25H,2,7-9,12H2,1H3,(H,26,27,30). The van der Waals surface area contributed by atoms with Gasteiger partial charge in [0.2, 0.25) is 15.9 Å². The minimum atomic E-state index is -4.13. The smallest absolute Gasteiger partial charge is 0.258 e. The van der Waals surface area contributed by atoms with Gasteiger partial charge in [-0.15, -0.1) is 0 Å². The van der Waals surface area contributed by atoms with Crippen LogP contribution in [0.5, 0.6) is 0 Å². The molecule has 0 spiro atoms. The summed E-state index contributed by atoms with van der Waals surface area (Å²) in [6.45, 7) is 1.98. The Morgan fingerprint density at radius 1 is 1.18 bits per heavy atom. The van der Waals surface area contributed by atoms with E-state index in [1.165, 1.54) is 4.90 Å². The highest BCUT2D eigenvalue weighted by Gasteiger charge is 2.19. The Morgan fingerprint density at radius 2 is 1.94 bits per heavy atom. The van der Waals surface area contributed by atoms with E-state index in [9.17, 15) is 26.8 Å². The molecular formula is C21H21ClF2N4O4S. The van der Waals surface area contributed by atoms with Gasteiger partial charge in [-0.3, -0.25) is 9.59 Å². The van der Waals surface area contributed by atoms with E-state index in [1.54, 1.807) is 18.2 Å². The second-order valence-electron chi connectivity index (χ2n) is 7.21. The summed E-state index contributed by atoms with van der Waals surface area (Å²) in [5.74, 6) is -2.57. The number of fused-ring (bicyclic) bond motifs is 1. The van der Waals surface area contributed by atoms with E-state index in [2.05, 4.69) is 14.7 Å². The molecule has 2 aromatic carbocycles. The second kappa shape index (κ2) is 10.4. The van der Waals surface area contributed by atoms with Crippen molar-refractivity contribution in [2.45, 2.75) is 31.2 Å². The number of hydrogen-bond donors (Lipinski definition) is 2. The van der Waals surface area contributed by atoms with E-state index in [0.29, 0.717) is 41.0 Å². The zero-order valence-electron chi connectivity index (χ0n) is 17.6. The predicted octanol–water partition coefficient (Wildman–Crippen LogP) is 2.96. The quantitative estimate of drug-likeness (QED) is 0.471. The molecular weight excluding hydrogens is 478 g/mol. The van der Waals surface area contributed by atoms with Crippen LogP contribution < -0.4 is 10.3 Å². The maximum Gasteiger partial charge on any atom is 0.258 e. The first-order valence-electron chi connectivity index (χ1n) is 10.0. The molecule has 1 aromatic heterocycles. The monoisotopic (exact) mass is 498 g/mol. The zero-order chi connectivity index (χ0) is 24.2. The summed E-state index contributed by atoms with van der Waals surface area (Å²) >= 11 is 5.97. The van der Waals surface area contributed by atoms with Gasteiger partial charge in [-0.25, -0.2) is 26.9 Å². The van der Waals surface area contributed by atoms with Gasteiger partial charge in [0.25, 0.3) is 5.56 Å². The van der Waals surface area contributed by atoms with Gasteiger partial charge in [-0.2, -0.15) is 0 Å². The van der Waals surface area contributed by atoms with Gasteiger partial charge in [0, 0.05) is 24.5 Å². The Bertz CT molecular complexity index is 1350. The number of halogens is 3. The Hall–Kier alpha value is -2.89. The minimum absolute atomic E-state index is 0.0142. The van der Waals surface area contributed by atoms with Crippen molar-refractivity contribution in [1.82, 2.24) is 19.6 Å². The van der Waals surface area contributed by atoms with Crippen LogP contribution in [0.3, 0.4) is 0 Å². The maximum absolute atomic E-state index is 13.3. The molecule has 8 nitrogen and oxygen atoms in total. The average molecular weight is 499 g/mol. The first-order valence-corrected chi connectivity index (χ1v) is 11.9. The van der Waals surface area contributed by atoms with Crippen molar-refractivity contribution in [1.29, 1.82) is 0 Å². The number of nitrogens with zero attached hydrogens (tertiary/aromatic N) is 2. The van der Waals surface area contributed by atoms with Gasteiger partial charge < -0.3 is 9.88 Å². The molecule has 2 N–H and O–H groups in total. The third-order valence-corrected chi connectivity index (χ3v) is 6.43. The maximum atomic E-state index is 13.3. The Balaban J connectivity index is 1.68. The highest BCUT2D eigenvalue weighted by Crippen LogP contribution is 2.16. The first kappa shape index (κ1) is 24.7. The van der Waals surface area contributed by atoms with Crippen molar-refractivity contribution >= 4 is 38.4 Å². The molecule has 0 bridgehead atoms.